The minimum atomic E-state index is 0. The zero-order valence-electron chi connectivity index (χ0n) is 3.28. The van der Waals surface area contributed by atoms with Crippen LogP contribution in [0.15, 0.2) is 12.7 Å². The molecule has 0 saturated carbocycles. The predicted molar refractivity (Wildman–Crippen MR) is 21.9 cm³/mol. The summed E-state index contributed by atoms with van der Waals surface area (Å²) in [6.45, 7) is 5.25. The molecule has 0 aromatic rings. The summed E-state index contributed by atoms with van der Waals surface area (Å²) in [6, 6.07) is 0. The van der Waals surface area contributed by atoms with Crippen molar-refractivity contribution in [2.24, 2.45) is 0 Å². The van der Waals surface area contributed by atoms with E-state index in [0.29, 0.717) is 0 Å². The van der Waals surface area contributed by atoms with E-state index in [0.717, 1.165) is 0 Å². The number of hydrogen-bond donors (Lipinski definition) is 1. The van der Waals surface area contributed by atoms with Crippen molar-refractivity contribution >= 4 is 0 Å². The van der Waals surface area contributed by atoms with E-state index >= 15 is 0 Å². The maximum Gasteiger partial charge on any atom is -0.0473 e. The number of quaternary nitrogens is 1. The van der Waals surface area contributed by atoms with Crippen LogP contribution in [0.4, 0.5) is 0 Å². The molecule has 0 aliphatic rings. The maximum atomic E-state index is 3.36. The van der Waals surface area contributed by atoms with Gasteiger partial charge >= 0.3 is 0 Å². The molecule has 0 saturated heterocycles. The minimum absolute atomic E-state index is 0. The highest BCUT2D eigenvalue weighted by atomic mass is 14.0. The minimum Gasteiger partial charge on any atom is -0.369 e. The second kappa shape index (κ2) is 15.9. The number of hydrogen-bond acceptors (Lipinski definition) is 0. The average Bonchev–Trinajstić information content (AvgIpc) is 0.918. The van der Waals surface area contributed by atoms with E-state index < -0.39 is 0 Å². The Morgan fingerprint density at radius 2 is 1.75 bits per heavy atom. The van der Waals surface area contributed by atoms with E-state index in [4.69, 9.17) is 0 Å². The molecule has 0 aliphatic heterocycles. The maximum absolute atomic E-state index is 3.36. The molecule has 4 N–H and O–H groups in total. The zero-order valence-corrected chi connectivity index (χ0v) is 3.28. The monoisotopic (exact) mass is 60.1 g/mol. The Morgan fingerprint density at radius 1 is 1.75 bits per heavy atom. The summed E-state index contributed by atoms with van der Waals surface area (Å²) in [5.74, 6) is 0. The van der Waals surface area contributed by atoms with Crippen LogP contribution in [0.1, 0.15) is 6.92 Å². The van der Waals surface area contributed by atoms with Crippen LogP contribution in [0, 0.1) is 0 Å². The first-order valence-electron chi connectivity index (χ1n) is 0.986. The van der Waals surface area contributed by atoms with Crippen LogP contribution in [0.5, 0.6) is 0 Å². The SMILES string of the molecule is C=CC.[NH4+]. The molecule has 0 aromatic carbocycles. The van der Waals surface area contributed by atoms with Crippen LogP contribution in [-0.4, -0.2) is 0 Å². The lowest BCUT2D eigenvalue weighted by Gasteiger charge is -1.31. The fourth-order valence-electron chi connectivity index (χ4n) is 0. The fraction of sp³-hybridized carbons (Fsp3) is 0.333. The van der Waals surface area contributed by atoms with Gasteiger partial charge in [0.2, 0.25) is 0 Å². The molecule has 0 aliphatic carbocycles. The van der Waals surface area contributed by atoms with Crippen LogP contribution in [0.2, 0.25) is 0 Å². The third kappa shape index (κ3) is 9.26. The van der Waals surface area contributed by atoms with Crippen LogP contribution < -0.4 is 6.15 Å². The van der Waals surface area contributed by atoms with E-state index in [1.54, 1.807) is 6.08 Å². The Kier molecular flexibility index (Phi) is 37.2. The van der Waals surface area contributed by atoms with E-state index in [1.165, 1.54) is 0 Å². The molecule has 0 spiro atoms. The lowest BCUT2D eigenvalue weighted by Crippen LogP contribution is -1.07. The molecule has 0 heterocycles. The topological polar surface area (TPSA) is 36.5 Å². The summed E-state index contributed by atoms with van der Waals surface area (Å²) in [7, 11) is 0. The molecule has 0 rings (SSSR count). The largest absolute Gasteiger partial charge is 0.369 e. The Bertz CT molecular complexity index is 10.8. The van der Waals surface area contributed by atoms with Gasteiger partial charge in [-0.3, -0.25) is 0 Å². The predicted octanol–water partition coefficient (Wildman–Crippen LogP) is 1.57. The van der Waals surface area contributed by atoms with Crippen molar-refractivity contribution in [1.82, 2.24) is 6.15 Å². The summed E-state index contributed by atoms with van der Waals surface area (Å²) in [5.41, 5.74) is 0. The second-order valence-electron chi connectivity index (χ2n) is 0.408. The van der Waals surface area contributed by atoms with Gasteiger partial charge in [0, 0.05) is 0 Å². The van der Waals surface area contributed by atoms with Crippen LogP contribution >= 0.6 is 0 Å². The van der Waals surface area contributed by atoms with Crippen LogP contribution in [-0.2, 0) is 0 Å². The summed E-state index contributed by atoms with van der Waals surface area (Å²) >= 11 is 0. The molecule has 0 fully saturated rings. The van der Waals surface area contributed by atoms with Crippen molar-refractivity contribution in [1.29, 1.82) is 0 Å². The number of allylic oxidation sites excluding steroid dienone is 1. The molecule has 0 bridgehead atoms. The van der Waals surface area contributed by atoms with E-state index in [9.17, 15) is 0 Å². The first kappa shape index (κ1) is 9.33. The standard InChI is InChI=1S/C3H6.H3N/c1-3-2;/h3H,1H2,2H3;1H3/p+1. The van der Waals surface area contributed by atoms with Gasteiger partial charge in [-0.2, -0.15) is 0 Å². The molecule has 0 aromatic heterocycles. The first-order chi connectivity index (χ1) is 1.41. The Morgan fingerprint density at radius 3 is 1.75 bits per heavy atom. The van der Waals surface area contributed by atoms with E-state index in [-0.39, 0.29) is 6.15 Å². The molecule has 0 radical (unpaired) electrons. The van der Waals surface area contributed by atoms with Gasteiger partial charge in [-0.25, -0.2) is 0 Å². The molecule has 26 valence electrons. The molecule has 0 unspecified atom stereocenters. The van der Waals surface area contributed by atoms with Crippen molar-refractivity contribution in [2.45, 2.75) is 6.92 Å². The molecular weight excluding hydrogens is 50.0 g/mol. The molecule has 0 atom stereocenters. The van der Waals surface area contributed by atoms with Gasteiger partial charge in [0.1, 0.15) is 0 Å². The molecule has 4 heavy (non-hydrogen) atoms. The first-order valence-corrected chi connectivity index (χ1v) is 0.986. The lowest BCUT2D eigenvalue weighted by molar-refractivity contribution is 1.80. The van der Waals surface area contributed by atoms with Gasteiger partial charge in [-0.15, -0.1) is 6.58 Å². The van der Waals surface area contributed by atoms with Crippen molar-refractivity contribution in [3.8, 4) is 0 Å². The average molecular weight is 60.1 g/mol. The Labute approximate surface area is 26.9 Å². The van der Waals surface area contributed by atoms with Crippen molar-refractivity contribution in [3.63, 3.8) is 0 Å². The normalized spacial score (nSPS) is 3.25. The molecule has 0 amide bonds. The van der Waals surface area contributed by atoms with Gasteiger partial charge < -0.3 is 6.15 Å². The highest BCUT2D eigenvalue weighted by Gasteiger charge is 1.15. The fourth-order valence-corrected chi connectivity index (χ4v) is 0. The van der Waals surface area contributed by atoms with Gasteiger partial charge in [-0.05, 0) is 6.92 Å². The third-order valence-corrected chi connectivity index (χ3v) is 0. The zero-order chi connectivity index (χ0) is 2.71. The van der Waals surface area contributed by atoms with Gasteiger partial charge in [0.15, 0.2) is 0 Å². The molecular formula is C3H10N+. The summed E-state index contributed by atoms with van der Waals surface area (Å²) < 4.78 is 0. The van der Waals surface area contributed by atoms with Crippen molar-refractivity contribution in [2.75, 3.05) is 0 Å². The lowest BCUT2D eigenvalue weighted by atomic mass is 10.8. The van der Waals surface area contributed by atoms with Crippen LogP contribution in [0.25, 0.3) is 0 Å². The number of rotatable bonds is 0. The van der Waals surface area contributed by atoms with E-state index in [2.05, 4.69) is 6.58 Å². The highest BCUT2D eigenvalue weighted by molar-refractivity contribution is 4.51. The Balaban J connectivity index is 0. The van der Waals surface area contributed by atoms with E-state index in [1.807, 2.05) is 6.92 Å². The van der Waals surface area contributed by atoms with Crippen molar-refractivity contribution in [3.05, 3.63) is 12.7 Å². The van der Waals surface area contributed by atoms with Gasteiger partial charge in [-0.1, -0.05) is 6.08 Å². The third-order valence-electron chi connectivity index (χ3n) is 0. The Hall–Kier alpha value is -0.300. The summed E-state index contributed by atoms with van der Waals surface area (Å²) in [6.07, 6.45) is 1.75. The van der Waals surface area contributed by atoms with Crippen LogP contribution in [0.3, 0.4) is 0 Å². The summed E-state index contributed by atoms with van der Waals surface area (Å²) in [4.78, 5) is 0. The second-order valence-corrected chi connectivity index (χ2v) is 0.408. The molecule has 1 heteroatoms. The highest BCUT2D eigenvalue weighted by Crippen LogP contribution is 1.38. The van der Waals surface area contributed by atoms with Gasteiger partial charge in [0.25, 0.3) is 0 Å². The van der Waals surface area contributed by atoms with Gasteiger partial charge in [0.05, 0.1) is 0 Å². The quantitative estimate of drug-likeness (QED) is 0.412. The molecule has 1 nitrogen and oxygen atoms in total. The van der Waals surface area contributed by atoms with Crippen molar-refractivity contribution < 1.29 is 0 Å². The smallest absolute Gasteiger partial charge is 0.0473 e. The summed E-state index contributed by atoms with van der Waals surface area (Å²) in [5, 5.41) is 0.